The lowest BCUT2D eigenvalue weighted by Crippen LogP contribution is -2.26. The van der Waals surface area contributed by atoms with Gasteiger partial charge in [-0.25, -0.2) is 12.8 Å². The van der Waals surface area contributed by atoms with Crippen LogP contribution in [0.4, 0.5) is 10.1 Å². The predicted octanol–water partition coefficient (Wildman–Crippen LogP) is 2.87. The maximum Gasteiger partial charge on any atom is 0.261 e. The molecule has 1 heterocycles. The van der Waals surface area contributed by atoms with E-state index in [0.717, 1.165) is 18.0 Å². The molecule has 0 spiro atoms. The largest absolute Gasteiger partial charge is 0.352 e. The maximum atomic E-state index is 13.0. The summed E-state index contributed by atoms with van der Waals surface area (Å²) in [5.74, 6) is -0.159. The molecule has 0 aliphatic rings. The number of carbonyl (C=O) groups is 1. The Morgan fingerprint density at radius 3 is 2.67 bits per heavy atom. The lowest BCUT2D eigenvalue weighted by molar-refractivity contribution is 0.0953. The van der Waals surface area contributed by atoms with Crippen molar-refractivity contribution in [3.8, 4) is 0 Å². The van der Waals surface area contributed by atoms with Crippen LogP contribution in [-0.4, -0.2) is 35.6 Å². The topological polar surface area (TPSA) is 109 Å². The summed E-state index contributed by atoms with van der Waals surface area (Å²) in [7, 11) is -3.93. The lowest BCUT2D eigenvalue weighted by atomic mass is 10.2. The number of amides is 1. The van der Waals surface area contributed by atoms with Gasteiger partial charge in [0.1, 0.15) is 11.6 Å². The Kier molecular flexibility index (Phi) is 6.63. The Morgan fingerprint density at radius 2 is 1.97 bits per heavy atom. The molecule has 158 valence electrons. The van der Waals surface area contributed by atoms with Gasteiger partial charge in [-0.3, -0.25) is 14.6 Å². The van der Waals surface area contributed by atoms with E-state index in [9.17, 15) is 17.6 Å². The van der Waals surface area contributed by atoms with Gasteiger partial charge < -0.3 is 9.88 Å². The number of nitrogens with zero attached hydrogens (tertiary/aromatic N) is 2. The number of benzene rings is 2. The SMILES string of the molecule is CCn1c(CCNC(=O)c2cccc(S(=O)(=O)Nc3ccc(F)cc3)c2)n[nH]c1=S. The average molecular weight is 450 g/mol. The van der Waals surface area contributed by atoms with Crippen LogP contribution in [-0.2, 0) is 23.0 Å². The van der Waals surface area contributed by atoms with Gasteiger partial charge in [0.25, 0.3) is 15.9 Å². The summed E-state index contributed by atoms with van der Waals surface area (Å²) in [6.07, 6.45) is 0.469. The van der Waals surface area contributed by atoms with Gasteiger partial charge in [0.2, 0.25) is 0 Å². The van der Waals surface area contributed by atoms with E-state index in [-0.39, 0.29) is 16.1 Å². The summed E-state index contributed by atoms with van der Waals surface area (Å²) >= 11 is 5.13. The molecule has 8 nitrogen and oxygen atoms in total. The van der Waals surface area contributed by atoms with Crippen molar-refractivity contribution in [2.24, 2.45) is 0 Å². The minimum Gasteiger partial charge on any atom is -0.352 e. The highest BCUT2D eigenvalue weighted by atomic mass is 32.2. The summed E-state index contributed by atoms with van der Waals surface area (Å²) in [6, 6.07) is 10.6. The van der Waals surface area contributed by atoms with Crippen molar-refractivity contribution in [3.05, 3.63) is 70.5 Å². The van der Waals surface area contributed by atoms with Gasteiger partial charge in [0, 0.05) is 30.8 Å². The van der Waals surface area contributed by atoms with Crippen molar-refractivity contribution in [1.29, 1.82) is 0 Å². The molecule has 11 heteroatoms. The zero-order chi connectivity index (χ0) is 21.7. The molecule has 1 aromatic heterocycles. The van der Waals surface area contributed by atoms with E-state index in [4.69, 9.17) is 12.2 Å². The van der Waals surface area contributed by atoms with E-state index in [1.54, 1.807) is 0 Å². The number of halogens is 1. The fourth-order valence-electron chi connectivity index (χ4n) is 2.79. The summed E-state index contributed by atoms with van der Waals surface area (Å²) in [6.45, 7) is 2.92. The molecule has 3 aromatic rings. The van der Waals surface area contributed by atoms with Crippen LogP contribution < -0.4 is 10.0 Å². The standard InChI is InChI=1S/C19H20FN5O3S2/c1-2-25-17(22-23-19(25)29)10-11-21-18(26)13-4-3-5-16(12-13)30(27,28)24-15-8-6-14(20)7-9-15/h3-9,12,24H,2,10-11H2,1H3,(H,21,26)(H,23,29). The molecule has 3 N–H and O–H groups in total. The monoisotopic (exact) mass is 449 g/mol. The Morgan fingerprint density at radius 1 is 1.23 bits per heavy atom. The fourth-order valence-corrected chi connectivity index (χ4v) is 4.18. The fraction of sp³-hybridized carbons (Fsp3) is 0.211. The molecule has 0 unspecified atom stereocenters. The average Bonchev–Trinajstić information content (AvgIpc) is 3.09. The van der Waals surface area contributed by atoms with Crippen molar-refractivity contribution in [2.75, 3.05) is 11.3 Å². The second-order valence-electron chi connectivity index (χ2n) is 6.34. The molecule has 0 aliphatic carbocycles. The number of hydrogen-bond donors (Lipinski definition) is 3. The van der Waals surface area contributed by atoms with Crippen molar-refractivity contribution in [3.63, 3.8) is 0 Å². The minimum absolute atomic E-state index is 0.0775. The molecule has 0 fully saturated rings. The van der Waals surface area contributed by atoms with Crippen LogP contribution in [0.2, 0.25) is 0 Å². The smallest absolute Gasteiger partial charge is 0.261 e. The van der Waals surface area contributed by atoms with Crippen LogP contribution in [0.15, 0.2) is 53.4 Å². The first-order valence-electron chi connectivity index (χ1n) is 9.11. The third-order valence-electron chi connectivity index (χ3n) is 4.29. The molecule has 1 amide bonds. The summed E-state index contributed by atoms with van der Waals surface area (Å²) in [5.41, 5.74) is 0.418. The predicted molar refractivity (Wildman–Crippen MR) is 113 cm³/mol. The van der Waals surface area contributed by atoms with Gasteiger partial charge in [0.05, 0.1) is 4.90 Å². The molecule has 2 aromatic carbocycles. The van der Waals surface area contributed by atoms with Crippen LogP contribution in [0, 0.1) is 10.6 Å². The highest BCUT2D eigenvalue weighted by Crippen LogP contribution is 2.17. The molecule has 0 saturated heterocycles. The number of carbonyl (C=O) groups excluding carboxylic acids is 1. The molecule has 30 heavy (non-hydrogen) atoms. The number of H-pyrrole nitrogens is 1. The summed E-state index contributed by atoms with van der Waals surface area (Å²) < 4.78 is 42.9. The van der Waals surface area contributed by atoms with E-state index in [1.165, 1.54) is 36.4 Å². The number of hydrogen-bond acceptors (Lipinski definition) is 5. The van der Waals surface area contributed by atoms with Crippen LogP contribution >= 0.6 is 12.2 Å². The number of aromatic amines is 1. The number of aromatic nitrogens is 3. The molecule has 0 aliphatic heterocycles. The Balaban J connectivity index is 1.67. The molecule has 0 radical (unpaired) electrons. The molecular weight excluding hydrogens is 429 g/mol. The van der Waals surface area contributed by atoms with Crippen LogP contribution in [0.5, 0.6) is 0 Å². The van der Waals surface area contributed by atoms with Gasteiger partial charge in [-0.05, 0) is 61.6 Å². The zero-order valence-electron chi connectivity index (χ0n) is 16.1. The first-order chi connectivity index (χ1) is 14.3. The summed E-state index contributed by atoms with van der Waals surface area (Å²) in [5, 5.41) is 9.59. The van der Waals surface area contributed by atoms with Gasteiger partial charge >= 0.3 is 0 Å². The molecule has 3 rings (SSSR count). The van der Waals surface area contributed by atoms with Crippen molar-refractivity contribution in [1.82, 2.24) is 20.1 Å². The van der Waals surface area contributed by atoms with Crippen molar-refractivity contribution >= 4 is 33.8 Å². The van der Waals surface area contributed by atoms with E-state index in [1.807, 2.05) is 11.5 Å². The minimum atomic E-state index is -3.93. The second-order valence-corrected chi connectivity index (χ2v) is 8.40. The van der Waals surface area contributed by atoms with E-state index >= 15 is 0 Å². The Bertz CT molecular complexity index is 1200. The number of sulfonamides is 1. The van der Waals surface area contributed by atoms with E-state index in [2.05, 4.69) is 20.2 Å². The van der Waals surface area contributed by atoms with Crippen molar-refractivity contribution < 1.29 is 17.6 Å². The lowest BCUT2D eigenvalue weighted by Gasteiger charge is -2.10. The molecule has 0 saturated carbocycles. The quantitative estimate of drug-likeness (QED) is 0.458. The van der Waals surface area contributed by atoms with Gasteiger partial charge in [-0.1, -0.05) is 6.07 Å². The van der Waals surface area contributed by atoms with Gasteiger partial charge in [0.15, 0.2) is 4.77 Å². The third kappa shape index (κ3) is 5.10. The number of rotatable bonds is 8. The highest BCUT2D eigenvalue weighted by Gasteiger charge is 2.17. The van der Waals surface area contributed by atoms with Crippen LogP contribution in [0.3, 0.4) is 0 Å². The normalized spacial score (nSPS) is 11.3. The van der Waals surface area contributed by atoms with Gasteiger partial charge in [-0.2, -0.15) is 5.10 Å². The zero-order valence-corrected chi connectivity index (χ0v) is 17.7. The van der Waals surface area contributed by atoms with Crippen LogP contribution in [0.25, 0.3) is 0 Å². The second kappa shape index (κ2) is 9.18. The first-order valence-corrected chi connectivity index (χ1v) is 11.0. The van der Waals surface area contributed by atoms with E-state index in [0.29, 0.717) is 24.3 Å². The first kappa shape index (κ1) is 21.7. The Labute approximate surface area is 178 Å². The number of anilines is 1. The van der Waals surface area contributed by atoms with E-state index < -0.39 is 21.7 Å². The Hall–Kier alpha value is -3.05. The van der Waals surface area contributed by atoms with Gasteiger partial charge in [-0.15, -0.1) is 0 Å². The molecular formula is C19H20FN5O3S2. The maximum absolute atomic E-state index is 13.0. The number of nitrogens with one attached hydrogen (secondary N) is 3. The van der Waals surface area contributed by atoms with Crippen LogP contribution in [0.1, 0.15) is 23.1 Å². The molecule has 0 atom stereocenters. The third-order valence-corrected chi connectivity index (χ3v) is 5.98. The molecule has 0 bridgehead atoms. The highest BCUT2D eigenvalue weighted by molar-refractivity contribution is 7.92. The summed E-state index contributed by atoms with van der Waals surface area (Å²) in [4.78, 5) is 12.4. The van der Waals surface area contributed by atoms with Crippen molar-refractivity contribution in [2.45, 2.75) is 24.8 Å².